The maximum atomic E-state index is 9.60. The first-order chi connectivity index (χ1) is 5.68. The molecule has 0 rings (SSSR count). The van der Waals surface area contributed by atoms with Crippen molar-refractivity contribution < 1.29 is 5.11 Å². The van der Waals surface area contributed by atoms with Crippen LogP contribution in [0, 0.1) is 11.3 Å². The molecule has 0 aromatic rings. The van der Waals surface area contributed by atoms with Crippen LogP contribution in [0.5, 0.6) is 0 Å². The Balaban J connectivity index is 3.81. The van der Waals surface area contributed by atoms with E-state index in [2.05, 4.69) is 0 Å². The average Bonchev–Trinajstić information content (AvgIpc) is 2.11. The third-order valence-electron chi connectivity index (χ3n) is 1.66. The second kappa shape index (κ2) is 6.54. The van der Waals surface area contributed by atoms with Crippen molar-refractivity contribution >= 4 is 23.2 Å². The molecule has 0 aromatic heterocycles. The summed E-state index contributed by atoms with van der Waals surface area (Å²) in [6.07, 6.45) is 2.19. The average molecular weight is 210 g/mol. The predicted molar refractivity (Wildman–Crippen MR) is 50.5 cm³/mol. The second-order valence-electron chi connectivity index (χ2n) is 2.73. The van der Waals surface area contributed by atoms with Crippen molar-refractivity contribution in [3.63, 3.8) is 0 Å². The van der Waals surface area contributed by atoms with Gasteiger partial charge in [0, 0.05) is 11.8 Å². The van der Waals surface area contributed by atoms with Gasteiger partial charge in [0.05, 0.1) is 6.07 Å². The van der Waals surface area contributed by atoms with E-state index in [4.69, 9.17) is 28.5 Å². The quantitative estimate of drug-likeness (QED) is 0.539. The van der Waals surface area contributed by atoms with E-state index < -0.39 is 5.60 Å². The molecule has 1 N–H and O–H groups in total. The molecule has 0 saturated carbocycles. The van der Waals surface area contributed by atoms with Gasteiger partial charge in [0.15, 0.2) is 5.60 Å². The fourth-order valence-electron chi connectivity index (χ4n) is 0.955. The fourth-order valence-corrected chi connectivity index (χ4v) is 1.22. The normalized spacial score (nSPS) is 11.2. The molecule has 0 radical (unpaired) electrons. The van der Waals surface area contributed by atoms with Gasteiger partial charge in [-0.1, -0.05) is 0 Å². The molecular formula is C8H13Cl2NO. The van der Waals surface area contributed by atoms with Gasteiger partial charge >= 0.3 is 0 Å². The number of alkyl halides is 2. The smallest absolute Gasteiger partial charge is 0.151 e. The molecule has 2 nitrogen and oxygen atoms in total. The lowest BCUT2D eigenvalue weighted by Crippen LogP contribution is -2.26. The van der Waals surface area contributed by atoms with Crippen LogP contribution in [0.25, 0.3) is 0 Å². The van der Waals surface area contributed by atoms with Crippen molar-refractivity contribution in [3.8, 4) is 6.07 Å². The number of nitriles is 1. The lowest BCUT2D eigenvalue weighted by molar-refractivity contribution is 0.0789. The predicted octanol–water partition coefficient (Wildman–Crippen LogP) is 2.28. The molecule has 0 saturated heterocycles. The molecule has 0 aliphatic rings. The molecule has 0 atom stereocenters. The monoisotopic (exact) mass is 209 g/mol. The summed E-state index contributed by atoms with van der Waals surface area (Å²) in [5.41, 5.74) is -1.22. The highest BCUT2D eigenvalue weighted by molar-refractivity contribution is 6.18. The highest BCUT2D eigenvalue weighted by atomic mass is 35.5. The molecule has 0 heterocycles. The van der Waals surface area contributed by atoms with Crippen molar-refractivity contribution in [3.05, 3.63) is 0 Å². The SMILES string of the molecule is N#CC(O)(CCCCl)CCCCl. The molecule has 70 valence electrons. The van der Waals surface area contributed by atoms with Crippen LogP contribution in [0.3, 0.4) is 0 Å². The molecule has 0 amide bonds. The van der Waals surface area contributed by atoms with Crippen LogP contribution >= 0.6 is 23.2 Å². The Bertz CT molecular complexity index is 148. The second-order valence-corrected chi connectivity index (χ2v) is 3.48. The Morgan fingerprint density at radius 3 is 1.83 bits per heavy atom. The van der Waals surface area contributed by atoms with Crippen molar-refractivity contribution in [2.24, 2.45) is 0 Å². The van der Waals surface area contributed by atoms with Gasteiger partial charge < -0.3 is 5.11 Å². The number of rotatable bonds is 6. The minimum absolute atomic E-state index is 0.434. The molecule has 0 spiro atoms. The number of hydrogen-bond donors (Lipinski definition) is 1. The third-order valence-corrected chi connectivity index (χ3v) is 2.19. The summed E-state index contributed by atoms with van der Waals surface area (Å²) < 4.78 is 0. The number of hydrogen-bond acceptors (Lipinski definition) is 2. The first-order valence-corrected chi connectivity index (χ1v) is 5.01. The summed E-state index contributed by atoms with van der Waals surface area (Å²) in [7, 11) is 0. The van der Waals surface area contributed by atoms with Gasteiger partial charge in [-0.15, -0.1) is 23.2 Å². The van der Waals surface area contributed by atoms with Gasteiger partial charge in [0.25, 0.3) is 0 Å². The van der Waals surface area contributed by atoms with Gasteiger partial charge in [0.1, 0.15) is 0 Å². The number of halogens is 2. The molecule has 0 bridgehead atoms. The maximum absolute atomic E-state index is 9.60. The summed E-state index contributed by atoms with van der Waals surface area (Å²) >= 11 is 10.9. The Kier molecular flexibility index (Phi) is 6.55. The van der Waals surface area contributed by atoms with Gasteiger partial charge in [-0.2, -0.15) is 5.26 Å². The van der Waals surface area contributed by atoms with Crippen LogP contribution in [0.4, 0.5) is 0 Å². The Morgan fingerprint density at radius 2 is 1.58 bits per heavy atom. The van der Waals surface area contributed by atoms with Crippen LogP contribution in [-0.4, -0.2) is 22.5 Å². The van der Waals surface area contributed by atoms with Crippen LogP contribution < -0.4 is 0 Å². The molecule has 0 fully saturated rings. The van der Waals surface area contributed by atoms with Crippen LogP contribution in [0.15, 0.2) is 0 Å². The summed E-state index contributed by atoms with van der Waals surface area (Å²) in [5, 5.41) is 18.3. The van der Waals surface area contributed by atoms with Crippen molar-refractivity contribution in [2.75, 3.05) is 11.8 Å². The first-order valence-electron chi connectivity index (χ1n) is 3.94. The standard InChI is InChI=1S/C8H13Cl2NO/c9-5-1-3-8(12,7-11)4-2-6-10/h12H,1-6H2. The Morgan fingerprint density at radius 1 is 1.17 bits per heavy atom. The summed E-state index contributed by atoms with van der Waals surface area (Å²) in [5.74, 6) is 0.954. The van der Waals surface area contributed by atoms with Gasteiger partial charge in [-0.3, -0.25) is 0 Å². The lowest BCUT2D eigenvalue weighted by atomic mass is 9.95. The zero-order chi connectivity index (χ0) is 9.45. The van der Waals surface area contributed by atoms with Crippen LogP contribution in [0.2, 0.25) is 0 Å². The highest BCUT2D eigenvalue weighted by Gasteiger charge is 2.24. The number of aliphatic hydroxyl groups is 1. The van der Waals surface area contributed by atoms with Crippen LogP contribution in [-0.2, 0) is 0 Å². The highest BCUT2D eigenvalue weighted by Crippen LogP contribution is 2.19. The zero-order valence-electron chi connectivity index (χ0n) is 6.89. The van der Waals surface area contributed by atoms with Crippen molar-refractivity contribution in [2.45, 2.75) is 31.3 Å². The van der Waals surface area contributed by atoms with E-state index in [0.29, 0.717) is 37.4 Å². The largest absolute Gasteiger partial charge is 0.375 e. The van der Waals surface area contributed by atoms with Crippen LogP contribution in [0.1, 0.15) is 25.7 Å². The van der Waals surface area contributed by atoms with E-state index in [9.17, 15) is 5.11 Å². The third kappa shape index (κ3) is 4.82. The summed E-state index contributed by atoms with van der Waals surface area (Å²) in [4.78, 5) is 0. The van der Waals surface area contributed by atoms with E-state index in [1.54, 1.807) is 0 Å². The molecule has 0 aromatic carbocycles. The Hall–Kier alpha value is 0.0300. The van der Waals surface area contributed by atoms with Crippen molar-refractivity contribution in [1.82, 2.24) is 0 Å². The van der Waals surface area contributed by atoms with E-state index in [1.807, 2.05) is 6.07 Å². The number of nitrogens with zero attached hydrogens (tertiary/aromatic N) is 1. The minimum atomic E-state index is -1.22. The summed E-state index contributed by atoms with van der Waals surface area (Å²) in [6, 6.07) is 1.89. The van der Waals surface area contributed by atoms with Gasteiger partial charge in [-0.25, -0.2) is 0 Å². The molecule has 0 aliphatic carbocycles. The summed E-state index contributed by atoms with van der Waals surface area (Å²) in [6.45, 7) is 0. The molecule has 0 aliphatic heterocycles. The first kappa shape index (κ1) is 12.0. The lowest BCUT2D eigenvalue weighted by Gasteiger charge is -2.18. The van der Waals surface area contributed by atoms with Crippen molar-refractivity contribution in [1.29, 1.82) is 5.26 Å². The molecule has 12 heavy (non-hydrogen) atoms. The molecule has 4 heteroatoms. The molecule has 0 unspecified atom stereocenters. The minimum Gasteiger partial charge on any atom is -0.375 e. The fraction of sp³-hybridized carbons (Fsp3) is 0.875. The van der Waals surface area contributed by atoms with E-state index in [0.717, 1.165) is 0 Å². The maximum Gasteiger partial charge on any atom is 0.151 e. The molecular weight excluding hydrogens is 197 g/mol. The van der Waals surface area contributed by atoms with E-state index in [-0.39, 0.29) is 0 Å². The Labute approximate surface area is 83.1 Å². The van der Waals surface area contributed by atoms with Gasteiger partial charge in [-0.05, 0) is 25.7 Å². The van der Waals surface area contributed by atoms with E-state index in [1.165, 1.54) is 0 Å². The zero-order valence-corrected chi connectivity index (χ0v) is 8.40. The topological polar surface area (TPSA) is 44.0 Å². The van der Waals surface area contributed by atoms with Gasteiger partial charge in [0.2, 0.25) is 0 Å². The van der Waals surface area contributed by atoms with E-state index >= 15 is 0 Å².